The molecule has 0 unspecified atom stereocenters. The molecule has 0 aliphatic carbocycles. The van der Waals surface area contributed by atoms with Gasteiger partial charge in [-0.2, -0.15) is 8.78 Å². The molecule has 0 bridgehead atoms. The van der Waals surface area contributed by atoms with Gasteiger partial charge in [0.2, 0.25) is 0 Å². The van der Waals surface area contributed by atoms with Gasteiger partial charge < -0.3 is 24.5 Å². The van der Waals surface area contributed by atoms with Crippen molar-refractivity contribution in [1.82, 2.24) is 10.6 Å². The summed E-state index contributed by atoms with van der Waals surface area (Å²) in [5.41, 5.74) is 0.805. The van der Waals surface area contributed by atoms with Crippen LogP contribution in [0.25, 0.3) is 0 Å². The van der Waals surface area contributed by atoms with E-state index in [2.05, 4.69) is 15.4 Å². The maximum atomic E-state index is 12.1. The maximum absolute atomic E-state index is 12.1. The molecule has 0 atom stereocenters. The zero-order valence-electron chi connectivity index (χ0n) is 14.7. The first-order valence-electron chi connectivity index (χ1n) is 8.22. The zero-order chi connectivity index (χ0) is 20.4. The van der Waals surface area contributed by atoms with Crippen LogP contribution in [-0.4, -0.2) is 44.1 Å². The molecule has 0 saturated carbocycles. The SMILES string of the molecule is O=C(COC(=O)CNC(=O)c1ccco1)NCCc1ccc(OC(F)F)cc1. The van der Waals surface area contributed by atoms with Gasteiger partial charge in [-0.05, 0) is 36.2 Å². The average molecular weight is 396 g/mol. The standard InChI is InChI=1S/C18H18F2N2O6/c19-18(20)28-13-5-3-12(4-6-13)7-8-21-15(23)11-27-16(24)10-22-17(25)14-2-1-9-26-14/h1-6,9,18H,7-8,10-11H2,(H,21,23)(H,22,25). The number of hydrogen-bond donors (Lipinski definition) is 2. The second-order valence-electron chi connectivity index (χ2n) is 5.44. The molecule has 2 N–H and O–H groups in total. The molecule has 10 heteroatoms. The number of alkyl halides is 2. The fraction of sp³-hybridized carbons (Fsp3) is 0.278. The first-order chi connectivity index (χ1) is 13.4. The Labute approximate surface area is 158 Å². The summed E-state index contributed by atoms with van der Waals surface area (Å²) in [6, 6.07) is 8.98. The van der Waals surface area contributed by atoms with E-state index in [1.165, 1.54) is 30.5 Å². The van der Waals surface area contributed by atoms with Crippen LogP contribution in [0.2, 0.25) is 0 Å². The monoisotopic (exact) mass is 396 g/mol. The number of ether oxygens (including phenoxy) is 2. The van der Waals surface area contributed by atoms with E-state index in [1.807, 2.05) is 0 Å². The lowest BCUT2D eigenvalue weighted by atomic mass is 10.1. The molecule has 2 rings (SSSR count). The van der Waals surface area contributed by atoms with Gasteiger partial charge in [0.15, 0.2) is 12.4 Å². The van der Waals surface area contributed by atoms with E-state index in [-0.39, 0.29) is 18.1 Å². The number of carbonyl (C=O) groups excluding carboxylic acids is 3. The number of benzene rings is 1. The topological polar surface area (TPSA) is 107 Å². The van der Waals surface area contributed by atoms with Crippen LogP contribution in [0.3, 0.4) is 0 Å². The summed E-state index contributed by atoms with van der Waals surface area (Å²) in [4.78, 5) is 34.7. The number of carbonyl (C=O) groups is 3. The molecule has 0 saturated heterocycles. The lowest BCUT2D eigenvalue weighted by Gasteiger charge is -2.08. The van der Waals surface area contributed by atoms with Crippen molar-refractivity contribution in [2.75, 3.05) is 19.7 Å². The summed E-state index contributed by atoms with van der Waals surface area (Å²) in [6.45, 7) is -3.51. The Hall–Kier alpha value is -3.43. The Morgan fingerprint density at radius 1 is 1.07 bits per heavy atom. The summed E-state index contributed by atoms with van der Waals surface area (Å²) in [7, 11) is 0. The lowest BCUT2D eigenvalue weighted by molar-refractivity contribution is -0.147. The second kappa shape index (κ2) is 10.7. The minimum absolute atomic E-state index is 0.0498. The van der Waals surface area contributed by atoms with Crippen molar-refractivity contribution in [3.63, 3.8) is 0 Å². The van der Waals surface area contributed by atoms with Crippen molar-refractivity contribution in [3.8, 4) is 5.75 Å². The molecule has 2 aromatic rings. The molecule has 0 aliphatic heterocycles. The van der Waals surface area contributed by atoms with Crippen LogP contribution < -0.4 is 15.4 Å². The summed E-state index contributed by atoms with van der Waals surface area (Å²) >= 11 is 0. The average Bonchev–Trinajstić information content (AvgIpc) is 3.20. The molecular weight excluding hydrogens is 378 g/mol. The Morgan fingerprint density at radius 2 is 1.82 bits per heavy atom. The summed E-state index contributed by atoms with van der Waals surface area (Å²) < 4.78 is 38.0. The van der Waals surface area contributed by atoms with Crippen LogP contribution in [0.4, 0.5) is 8.78 Å². The van der Waals surface area contributed by atoms with Gasteiger partial charge in [0.25, 0.3) is 11.8 Å². The van der Waals surface area contributed by atoms with Crippen molar-refractivity contribution in [2.45, 2.75) is 13.0 Å². The number of halogens is 2. The fourth-order valence-electron chi connectivity index (χ4n) is 2.08. The first kappa shape index (κ1) is 20.9. The Bertz CT molecular complexity index is 778. The van der Waals surface area contributed by atoms with E-state index >= 15 is 0 Å². The van der Waals surface area contributed by atoms with Gasteiger partial charge in [-0.15, -0.1) is 0 Å². The van der Waals surface area contributed by atoms with Gasteiger partial charge in [-0.25, -0.2) is 0 Å². The van der Waals surface area contributed by atoms with Gasteiger partial charge in [-0.1, -0.05) is 12.1 Å². The van der Waals surface area contributed by atoms with Crippen molar-refractivity contribution in [3.05, 3.63) is 54.0 Å². The largest absolute Gasteiger partial charge is 0.459 e. The second-order valence-corrected chi connectivity index (χ2v) is 5.44. The molecule has 1 aromatic heterocycles. The predicted octanol–water partition coefficient (Wildman–Crippen LogP) is 1.51. The van der Waals surface area contributed by atoms with Crippen molar-refractivity contribution in [1.29, 1.82) is 0 Å². The summed E-state index contributed by atoms with van der Waals surface area (Å²) in [5, 5.41) is 4.84. The van der Waals surface area contributed by atoms with E-state index in [0.29, 0.717) is 6.42 Å². The fourth-order valence-corrected chi connectivity index (χ4v) is 2.08. The molecule has 0 spiro atoms. The molecule has 0 aliphatic rings. The highest BCUT2D eigenvalue weighted by molar-refractivity contribution is 5.93. The number of amides is 2. The minimum atomic E-state index is -2.88. The Kier molecular flexibility index (Phi) is 7.94. The van der Waals surface area contributed by atoms with E-state index in [1.54, 1.807) is 12.1 Å². The van der Waals surface area contributed by atoms with Crippen molar-refractivity contribution in [2.24, 2.45) is 0 Å². The smallest absolute Gasteiger partial charge is 0.387 e. The molecule has 28 heavy (non-hydrogen) atoms. The quantitative estimate of drug-likeness (QED) is 0.590. The molecule has 8 nitrogen and oxygen atoms in total. The number of rotatable bonds is 10. The zero-order valence-corrected chi connectivity index (χ0v) is 14.7. The van der Waals surface area contributed by atoms with Crippen molar-refractivity contribution >= 4 is 17.8 Å². The van der Waals surface area contributed by atoms with E-state index in [4.69, 9.17) is 9.15 Å². The lowest BCUT2D eigenvalue weighted by Crippen LogP contribution is -2.34. The van der Waals surface area contributed by atoms with Gasteiger partial charge in [0.05, 0.1) is 6.26 Å². The minimum Gasteiger partial charge on any atom is -0.459 e. The number of hydrogen-bond acceptors (Lipinski definition) is 6. The van der Waals surface area contributed by atoms with Gasteiger partial charge in [0, 0.05) is 6.54 Å². The highest BCUT2D eigenvalue weighted by Gasteiger charge is 2.12. The summed E-state index contributed by atoms with van der Waals surface area (Å²) in [5.74, 6) is -1.75. The summed E-state index contributed by atoms with van der Waals surface area (Å²) in [6.07, 6.45) is 1.77. The number of furan rings is 1. The van der Waals surface area contributed by atoms with Crippen LogP contribution in [0, 0.1) is 0 Å². The molecule has 1 heterocycles. The number of nitrogens with one attached hydrogen (secondary N) is 2. The highest BCUT2D eigenvalue weighted by atomic mass is 19.3. The maximum Gasteiger partial charge on any atom is 0.387 e. The predicted molar refractivity (Wildman–Crippen MR) is 91.8 cm³/mol. The van der Waals surface area contributed by atoms with Crippen LogP contribution >= 0.6 is 0 Å². The van der Waals surface area contributed by atoms with Crippen molar-refractivity contribution < 1.29 is 37.1 Å². The Morgan fingerprint density at radius 3 is 2.46 bits per heavy atom. The van der Waals surface area contributed by atoms with Gasteiger partial charge in [-0.3, -0.25) is 14.4 Å². The molecule has 2 amide bonds. The Balaban J connectivity index is 1.59. The normalized spacial score (nSPS) is 10.4. The number of esters is 1. The van der Waals surface area contributed by atoms with E-state index in [0.717, 1.165) is 5.56 Å². The molecule has 0 radical (unpaired) electrons. The van der Waals surface area contributed by atoms with Gasteiger partial charge in [0.1, 0.15) is 12.3 Å². The molecule has 1 aromatic carbocycles. The third-order valence-electron chi connectivity index (χ3n) is 3.39. The third-order valence-corrected chi connectivity index (χ3v) is 3.39. The van der Waals surface area contributed by atoms with E-state index in [9.17, 15) is 23.2 Å². The molecule has 150 valence electrons. The van der Waals surface area contributed by atoms with Crippen LogP contribution in [0.15, 0.2) is 47.1 Å². The molecular formula is C18H18F2N2O6. The third kappa shape index (κ3) is 7.44. The molecule has 0 fully saturated rings. The first-order valence-corrected chi connectivity index (χ1v) is 8.22. The van der Waals surface area contributed by atoms with Crippen LogP contribution in [0.5, 0.6) is 5.75 Å². The van der Waals surface area contributed by atoms with E-state index < -0.39 is 37.5 Å². The highest BCUT2D eigenvalue weighted by Crippen LogP contribution is 2.14. The van der Waals surface area contributed by atoms with Crippen LogP contribution in [-0.2, 0) is 20.7 Å². The van der Waals surface area contributed by atoms with Gasteiger partial charge >= 0.3 is 12.6 Å². The van der Waals surface area contributed by atoms with Crippen LogP contribution in [0.1, 0.15) is 16.1 Å².